The van der Waals surface area contributed by atoms with Gasteiger partial charge in [-0.2, -0.15) is 0 Å². The predicted octanol–water partition coefficient (Wildman–Crippen LogP) is 6.37. The SMILES string of the molecule is COc1ccc(CC2CCCc3c2[nH]c2c(Br)cc(Br)cc32)cc1OC. The van der Waals surface area contributed by atoms with Gasteiger partial charge in [0.2, 0.25) is 0 Å². The van der Waals surface area contributed by atoms with Crippen molar-refractivity contribution in [3.63, 3.8) is 0 Å². The quantitative estimate of drug-likeness (QED) is 0.472. The molecule has 0 fully saturated rings. The van der Waals surface area contributed by atoms with Crippen LogP contribution in [0.25, 0.3) is 10.9 Å². The smallest absolute Gasteiger partial charge is 0.160 e. The Hall–Kier alpha value is -1.46. The Morgan fingerprint density at radius 2 is 1.88 bits per heavy atom. The van der Waals surface area contributed by atoms with Gasteiger partial charge in [0.25, 0.3) is 0 Å². The summed E-state index contributed by atoms with van der Waals surface area (Å²) in [6.07, 6.45) is 4.56. The van der Waals surface area contributed by atoms with E-state index in [1.807, 2.05) is 6.07 Å². The predicted molar refractivity (Wildman–Crippen MR) is 113 cm³/mol. The molecule has 0 radical (unpaired) electrons. The lowest BCUT2D eigenvalue weighted by molar-refractivity contribution is 0.354. The van der Waals surface area contributed by atoms with Crippen LogP contribution < -0.4 is 9.47 Å². The van der Waals surface area contributed by atoms with E-state index in [-0.39, 0.29) is 0 Å². The largest absolute Gasteiger partial charge is 0.493 e. The average Bonchev–Trinajstić information content (AvgIpc) is 3.02. The highest BCUT2D eigenvalue weighted by Crippen LogP contribution is 2.41. The van der Waals surface area contributed by atoms with E-state index in [1.54, 1.807) is 14.2 Å². The highest BCUT2D eigenvalue weighted by atomic mass is 79.9. The highest BCUT2D eigenvalue weighted by molar-refractivity contribution is 9.11. The van der Waals surface area contributed by atoms with Gasteiger partial charge >= 0.3 is 0 Å². The second kappa shape index (κ2) is 7.28. The number of rotatable bonds is 4. The monoisotopic (exact) mass is 477 g/mol. The van der Waals surface area contributed by atoms with E-state index in [9.17, 15) is 0 Å². The molecule has 136 valence electrons. The van der Waals surface area contributed by atoms with Crippen LogP contribution in [0, 0.1) is 0 Å². The summed E-state index contributed by atoms with van der Waals surface area (Å²) in [6.45, 7) is 0. The summed E-state index contributed by atoms with van der Waals surface area (Å²) in [6, 6.07) is 10.6. The molecule has 3 nitrogen and oxygen atoms in total. The molecule has 0 aliphatic heterocycles. The Morgan fingerprint density at radius 1 is 1.08 bits per heavy atom. The number of nitrogens with one attached hydrogen (secondary N) is 1. The van der Waals surface area contributed by atoms with Crippen molar-refractivity contribution in [1.82, 2.24) is 4.98 Å². The van der Waals surface area contributed by atoms with Crippen LogP contribution in [-0.2, 0) is 12.8 Å². The molecular weight excluding hydrogens is 458 g/mol. The number of methoxy groups -OCH3 is 2. The number of aromatic nitrogens is 1. The summed E-state index contributed by atoms with van der Waals surface area (Å²) in [5, 5.41) is 1.33. The van der Waals surface area contributed by atoms with Crippen LogP contribution in [0.3, 0.4) is 0 Å². The lowest BCUT2D eigenvalue weighted by Gasteiger charge is -2.23. The lowest BCUT2D eigenvalue weighted by atomic mass is 9.83. The second-order valence-electron chi connectivity index (χ2n) is 6.81. The summed E-state index contributed by atoms with van der Waals surface area (Å²) in [7, 11) is 3.36. The van der Waals surface area contributed by atoms with E-state index in [0.29, 0.717) is 5.92 Å². The summed E-state index contributed by atoms with van der Waals surface area (Å²) in [5.74, 6) is 2.07. The Labute approximate surface area is 170 Å². The molecule has 1 heterocycles. The van der Waals surface area contributed by atoms with Crippen molar-refractivity contribution >= 4 is 42.8 Å². The van der Waals surface area contributed by atoms with Crippen molar-refractivity contribution in [2.24, 2.45) is 0 Å². The van der Waals surface area contributed by atoms with E-state index < -0.39 is 0 Å². The van der Waals surface area contributed by atoms with Crippen molar-refractivity contribution in [2.75, 3.05) is 14.2 Å². The number of fused-ring (bicyclic) bond motifs is 3. The number of H-pyrrole nitrogens is 1. The van der Waals surface area contributed by atoms with Gasteiger partial charge in [-0.05, 0) is 77.0 Å². The molecule has 1 aliphatic rings. The van der Waals surface area contributed by atoms with Crippen LogP contribution in [0.4, 0.5) is 0 Å². The zero-order chi connectivity index (χ0) is 18.3. The molecule has 0 spiro atoms. The Bertz CT molecular complexity index is 964. The molecule has 1 N–H and O–H groups in total. The number of hydrogen-bond donors (Lipinski definition) is 1. The number of benzene rings is 2. The molecule has 1 aliphatic carbocycles. The van der Waals surface area contributed by atoms with Gasteiger partial charge in [-0.3, -0.25) is 0 Å². The third-order valence-electron chi connectivity index (χ3n) is 5.28. The minimum absolute atomic E-state index is 0.495. The van der Waals surface area contributed by atoms with Crippen LogP contribution in [0.2, 0.25) is 0 Å². The average molecular weight is 479 g/mol. The number of aromatic amines is 1. The molecule has 0 amide bonds. The first kappa shape index (κ1) is 17.9. The first-order valence-electron chi connectivity index (χ1n) is 8.81. The summed E-state index contributed by atoms with van der Waals surface area (Å²) in [5.41, 5.74) is 5.34. The summed E-state index contributed by atoms with van der Waals surface area (Å²) in [4.78, 5) is 3.71. The van der Waals surface area contributed by atoms with Crippen molar-refractivity contribution < 1.29 is 9.47 Å². The van der Waals surface area contributed by atoms with Crippen LogP contribution in [0.5, 0.6) is 11.5 Å². The van der Waals surface area contributed by atoms with Gasteiger partial charge in [-0.15, -0.1) is 0 Å². The molecule has 1 atom stereocenters. The van der Waals surface area contributed by atoms with Crippen molar-refractivity contribution in [1.29, 1.82) is 0 Å². The first-order chi connectivity index (χ1) is 12.6. The molecular formula is C21H21Br2NO2. The molecule has 0 bridgehead atoms. The Balaban J connectivity index is 1.71. The van der Waals surface area contributed by atoms with Gasteiger partial charge in [0.15, 0.2) is 11.5 Å². The first-order valence-corrected chi connectivity index (χ1v) is 10.4. The topological polar surface area (TPSA) is 34.2 Å². The number of aryl methyl sites for hydroxylation is 1. The molecule has 5 heteroatoms. The number of hydrogen-bond acceptors (Lipinski definition) is 2. The molecule has 0 saturated heterocycles. The number of ether oxygens (including phenoxy) is 2. The van der Waals surface area contributed by atoms with Gasteiger partial charge in [-0.25, -0.2) is 0 Å². The van der Waals surface area contributed by atoms with Gasteiger partial charge < -0.3 is 14.5 Å². The van der Waals surface area contributed by atoms with Crippen LogP contribution in [-0.4, -0.2) is 19.2 Å². The maximum atomic E-state index is 5.47. The fourth-order valence-electron chi connectivity index (χ4n) is 4.08. The zero-order valence-corrected chi connectivity index (χ0v) is 18.0. The molecule has 3 aromatic rings. The molecule has 2 aromatic carbocycles. The molecule has 26 heavy (non-hydrogen) atoms. The summed E-state index contributed by atoms with van der Waals surface area (Å²) < 4.78 is 13.1. The van der Waals surface area contributed by atoms with Crippen molar-refractivity contribution in [2.45, 2.75) is 31.6 Å². The van der Waals surface area contributed by atoms with Gasteiger partial charge in [0, 0.05) is 25.9 Å². The minimum atomic E-state index is 0.495. The van der Waals surface area contributed by atoms with Crippen molar-refractivity contribution in [3.8, 4) is 11.5 Å². The van der Waals surface area contributed by atoms with Crippen LogP contribution in [0.15, 0.2) is 39.3 Å². The Kier molecular flexibility index (Phi) is 5.02. The minimum Gasteiger partial charge on any atom is -0.493 e. The summed E-state index contributed by atoms with van der Waals surface area (Å²) >= 11 is 7.33. The van der Waals surface area contributed by atoms with Crippen molar-refractivity contribution in [3.05, 3.63) is 56.1 Å². The maximum absolute atomic E-state index is 5.47. The second-order valence-corrected chi connectivity index (χ2v) is 8.58. The van der Waals surface area contributed by atoms with Crippen LogP contribution >= 0.6 is 31.9 Å². The van der Waals surface area contributed by atoms with E-state index in [2.05, 4.69) is 61.1 Å². The third-order valence-corrected chi connectivity index (χ3v) is 6.37. The molecule has 1 unspecified atom stereocenters. The fourth-order valence-corrected chi connectivity index (χ4v) is 5.40. The fraction of sp³-hybridized carbons (Fsp3) is 0.333. The van der Waals surface area contributed by atoms with Gasteiger partial charge in [0.05, 0.1) is 19.7 Å². The lowest BCUT2D eigenvalue weighted by Crippen LogP contribution is -2.11. The third kappa shape index (κ3) is 3.16. The molecule has 4 rings (SSSR count). The van der Waals surface area contributed by atoms with Crippen LogP contribution in [0.1, 0.15) is 35.6 Å². The van der Waals surface area contributed by atoms with E-state index in [1.165, 1.54) is 40.6 Å². The Morgan fingerprint density at radius 3 is 2.65 bits per heavy atom. The normalized spacial score (nSPS) is 16.5. The van der Waals surface area contributed by atoms with Gasteiger partial charge in [0.1, 0.15) is 0 Å². The maximum Gasteiger partial charge on any atom is 0.160 e. The molecule has 1 aromatic heterocycles. The van der Waals surface area contributed by atoms with E-state index in [4.69, 9.17) is 9.47 Å². The standard InChI is InChI=1S/C21H21Br2NO2/c1-25-18-7-6-12(9-19(18)26-2)8-13-4-3-5-15-16-10-14(22)11-17(23)21(16)24-20(13)15/h6-7,9-11,13,24H,3-5,8H2,1-2H3. The van der Waals surface area contributed by atoms with Gasteiger partial charge in [-0.1, -0.05) is 22.0 Å². The zero-order valence-electron chi connectivity index (χ0n) is 14.9. The van der Waals surface area contributed by atoms with E-state index >= 15 is 0 Å². The van der Waals surface area contributed by atoms with E-state index in [0.717, 1.165) is 33.3 Å². The number of halogens is 2. The molecule has 0 saturated carbocycles. The highest BCUT2D eigenvalue weighted by Gasteiger charge is 2.25.